The fourth-order valence-corrected chi connectivity index (χ4v) is 4.34. The van der Waals surface area contributed by atoms with Gasteiger partial charge >= 0.3 is 12.2 Å². The second kappa shape index (κ2) is 9.64. The second-order valence-electron chi connectivity index (χ2n) is 8.86. The van der Waals surface area contributed by atoms with Crippen molar-refractivity contribution in [2.45, 2.75) is 44.4 Å². The number of aliphatic hydroxyl groups is 1. The lowest BCUT2D eigenvalue weighted by Gasteiger charge is -2.30. The molecule has 2 aliphatic rings. The molecule has 3 atom stereocenters. The van der Waals surface area contributed by atoms with E-state index in [1.54, 1.807) is 11.1 Å². The molecule has 3 N–H and O–H groups in total. The van der Waals surface area contributed by atoms with E-state index in [9.17, 15) is 23.1 Å². The van der Waals surface area contributed by atoms with Crippen LogP contribution in [0, 0.1) is 5.92 Å². The molecule has 0 saturated carbocycles. The molecule has 3 heterocycles. The molecule has 2 aromatic rings. The summed E-state index contributed by atoms with van der Waals surface area (Å²) in [5, 5.41) is 15.5. The zero-order valence-electron chi connectivity index (χ0n) is 18.4. The van der Waals surface area contributed by atoms with Crippen LogP contribution in [-0.4, -0.2) is 58.3 Å². The Morgan fingerprint density at radius 2 is 2.06 bits per heavy atom. The Balaban J connectivity index is 1.40. The van der Waals surface area contributed by atoms with E-state index in [1.807, 2.05) is 6.92 Å². The summed E-state index contributed by atoms with van der Waals surface area (Å²) in [6.07, 6.45) is -1.34. The third-order valence-corrected chi connectivity index (χ3v) is 6.31. The molecule has 2 aliphatic heterocycles. The minimum absolute atomic E-state index is 0.0584. The quantitative estimate of drug-likeness (QED) is 0.634. The van der Waals surface area contributed by atoms with E-state index in [4.69, 9.17) is 0 Å². The second-order valence-corrected chi connectivity index (χ2v) is 8.86. The molecule has 1 fully saturated rings. The molecule has 4 rings (SSSR count). The monoisotopic (exact) mass is 463 g/mol. The number of hydrogen-bond donors (Lipinski definition) is 3. The Kier molecular flexibility index (Phi) is 6.85. The summed E-state index contributed by atoms with van der Waals surface area (Å²) in [5.74, 6) is 0.602. The number of urea groups is 1. The van der Waals surface area contributed by atoms with Crippen molar-refractivity contribution in [1.29, 1.82) is 0 Å². The van der Waals surface area contributed by atoms with Crippen molar-refractivity contribution in [3.05, 3.63) is 58.7 Å². The maximum atomic E-state index is 13.0. The Morgan fingerprint density at radius 1 is 1.30 bits per heavy atom. The first kappa shape index (κ1) is 23.4. The van der Waals surface area contributed by atoms with Crippen molar-refractivity contribution >= 4 is 6.03 Å². The first-order valence-corrected chi connectivity index (χ1v) is 11.1. The van der Waals surface area contributed by atoms with Crippen molar-refractivity contribution in [2.24, 2.45) is 5.92 Å². The van der Waals surface area contributed by atoms with Gasteiger partial charge in [-0.15, -0.1) is 0 Å². The van der Waals surface area contributed by atoms with Gasteiger partial charge in [-0.2, -0.15) is 13.2 Å². The van der Waals surface area contributed by atoms with Crippen LogP contribution < -0.4 is 10.6 Å². The standard InChI is InChI=1S/C23H28F3N5O2/c1-14(13-32)8-21-28-9-16-6-7-31(12-20(16)29-21)22(33)30-19-11-27-10-18(19)15-2-4-17(5-3-15)23(24,25)26/h2-5,9,14,18-19,27,32H,6-8,10-13H2,1H3,(H,30,33)/t14-,18+,19-/m1/s1. The molecule has 0 bridgehead atoms. The van der Waals surface area contributed by atoms with Gasteiger partial charge in [-0.05, 0) is 35.6 Å². The molecule has 1 aromatic heterocycles. The molecule has 33 heavy (non-hydrogen) atoms. The number of aliphatic hydroxyl groups excluding tert-OH is 1. The summed E-state index contributed by atoms with van der Waals surface area (Å²) >= 11 is 0. The number of alkyl halides is 3. The lowest BCUT2D eigenvalue weighted by atomic mass is 9.93. The van der Waals surface area contributed by atoms with Crippen LogP contribution in [0.3, 0.4) is 0 Å². The predicted octanol–water partition coefficient (Wildman–Crippen LogP) is 2.49. The third kappa shape index (κ3) is 5.44. The molecule has 1 saturated heterocycles. The Labute approximate surface area is 190 Å². The number of rotatable bonds is 5. The van der Waals surface area contributed by atoms with Crippen LogP contribution in [0.5, 0.6) is 0 Å². The topological polar surface area (TPSA) is 90.4 Å². The summed E-state index contributed by atoms with van der Waals surface area (Å²) in [4.78, 5) is 23.7. The van der Waals surface area contributed by atoms with E-state index >= 15 is 0 Å². The number of amides is 2. The normalized spacial score (nSPS) is 21.5. The molecule has 178 valence electrons. The van der Waals surface area contributed by atoms with Crippen molar-refractivity contribution in [2.75, 3.05) is 26.2 Å². The van der Waals surface area contributed by atoms with Gasteiger partial charge in [-0.25, -0.2) is 14.8 Å². The van der Waals surface area contributed by atoms with E-state index in [0.717, 1.165) is 29.0 Å². The van der Waals surface area contributed by atoms with Crippen LogP contribution in [0.15, 0.2) is 30.5 Å². The molecule has 0 radical (unpaired) electrons. The number of benzene rings is 1. The van der Waals surface area contributed by atoms with Crippen LogP contribution in [0.1, 0.15) is 41.1 Å². The van der Waals surface area contributed by atoms with Gasteiger partial charge in [-0.1, -0.05) is 19.1 Å². The number of carbonyl (C=O) groups is 1. The van der Waals surface area contributed by atoms with Crippen LogP contribution in [0.2, 0.25) is 0 Å². The molecular formula is C23H28F3N5O2. The highest BCUT2D eigenvalue weighted by Gasteiger charge is 2.34. The van der Waals surface area contributed by atoms with Gasteiger partial charge in [0, 0.05) is 44.8 Å². The first-order valence-electron chi connectivity index (χ1n) is 11.1. The highest BCUT2D eigenvalue weighted by Crippen LogP contribution is 2.31. The van der Waals surface area contributed by atoms with E-state index in [-0.39, 0.29) is 30.5 Å². The highest BCUT2D eigenvalue weighted by atomic mass is 19.4. The average Bonchev–Trinajstić information content (AvgIpc) is 3.26. The van der Waals surface area contributed by atoms with E-state index in [0.29, 0.717) is 44.8 Å². The van der Waals surface area contributed by atoms with Gasteiger partial charge in [0.15, 0.2) is 0 Å². The lowest BCUT2D eigenvalue weighted by molar-refractivity contribution is -0.137. The van der Waals surface area contributed by atoms with E-state index in [2.05, 4.69) is 20.6 Å². The fourth-order valence-electron chi connectivity index (χ4n) is 4.34. The van der Waals surface area contributed by atoms with Crippen LogP contribution in [0.4, 0.5) is 18.0 Å². The Morgan fingerprint density at radius 3 is 2.76 bits per heavy atom. The summed E-state index contributed by atoms with van der Waals surface area (Å²) in [6, 6.07) is 4.72. The minimum Gasteiger partial charge on any atom is -0.396 e. The van der Waals surface area contributed by atoms with Crippen molar-refractivity contribution in [3.8, 4) is 0 Å². The maximum Gasteiger partial charge on any atom is 0.416 e. The largest absolute Gasteiger partial charge is 0.416 e. The van der Waals surface area contributed by atoms with Gasteiger partial charge < -0.3 is 20.6 Å². The van der Waals surface area contributed by atoms with Gasteiger partial charge in [0.05, 0.1) is 23.8 Å². The molecule has 7 nitrogen and oxygen atoms in total. The number of hydrogen-bond acceptors (Lipinski definition) is 5. The number of nitrogens with one attached hydrogen (secondary N) is 2. The van der Waals surface area contributed by atoms with Gasteiger partial charge in [0.2, 0.25) is 0 Å². The number of nitrogens with zero attached hydrogens (tertiary/aromatic N) is 3. The fraction of sp³-hybridized carbons (Fsp3) is 0.522. The SMILES string of the molecule is C[C@@H](CO)Cc1ncc2c(n1)CN(C(=O)N[C@@H]1CNC[C@H]1c1ccc(C(F)(F)F)cc1)CC2. The smallest absolute Gasteiger partial charge is 0.396 e. The Hall–Kier alpha value is -2.72. The zero-order chi connectivity index (χ0) is 23.6. The maximum absolute atomic E-state index is 13.0. The summed E-state index contributed by atoms with van der Waals surface area (Å²) < 4.78 is 38.6. The molecule has 0 aliphatic carbocycles. The minimum atomic E-state index is -4.37. The molecule has 2 amide bonds. The predicted molar refractivity (Wildman–Crippen MR) is 115 cm³/mol. The summed E-state index contributed by atoms with van der Waals surface area (Å²) in [7, 11) is 0. The summed E-state index contributed by atoms with van der Waals surface area (Å²) in [5.41, 5.74) is 1.91. The van der Waals surface area contributed by atoms with Gasteiger partial charge in [-0.3, -0.25) is 0 Å². The average molecular weight is 464 g/mol. The number of aromatic nitrogens is 2. The van der Waals surface area contributed by atoms with Gasteiger partial charge in [0.25, 0.3) is 0 Å². The molecular weight excluding hydrogens is 435 g/mol. The van der Waals surface area contributed by atoms with E-state index < -0.39 is 11.7 Å². The number of fused-ring (bicyclic) bond motifs is 1. The Bertz CT molecular complexity index is 983. The van der Waals surface area contributed by atoms with Crippen molar-refractivity contribution in [1.82, 2.24) is 25.5 Å². The van der Waals surface area contributed by atoms with Crippen LogP contribution in [-0.2, 0) is 25.6 Å². The van der Waals surface area contributed by atoms with Crippen LogP contribution >= 0.6 is 0 Å². The number of carbonyl (C=O) groups excluding carboxylic acids is 1. The molecule has 1 aromatic carbocycles. The van der Waals surface area contributed by atoms with Gasteiger partial charge in [0.1, 0.15) is 5.82 Å². The highest BCUT2D eigenvalue weighted by molar-refractivity contribution is 5.75. The van der Waals surface area contributed by atoms with Crippen molar-refractivity contribution < 1.29 is 23.1 Å². The first-order chi connectivity index (χ1) is 15.7. The molecule has 0 spiro atoms. The molecule has 10 heteroatoms. The molecule has 0 unspecified atom stereocenters. The lowest BCUT2D eigenvalue weighted by Crippen LogP contribution is -2.48. The number of halogens is 3. The van der Waals surface area contributed by atoms with Crippen molar-refractivity contribution in [3.63, 3.8) is 0 Å². The van der Waals surface area contributed by atoms with Crippen LogP contribution in [0.25, 0.3) is 0 Å². The zero-order valence-corrected chi connectivity index (χ0v) is 18.4. The summed E-state index contributed by atoms with van der Waals surface area (Å²) in [6.45, 7) is 4.02. The van der Waals surface area contributed by atoms with E-state index in [1.165, 1.54) is 12.1 Å². The third-order valence-electron chi connectivity index (χ3n) is 6.31.